The Morgan fingerprint density at radius 1 is 1.55 bits per heavy atom. The maximum absolute atomic E-state index is 10.1. The summed E-state index contributed by atoms with van der Waals surface area (Å²) in [7, 11) is 0. The third-order valence-electron chi connectivity index (χ3n) is 1.11. The summed E-state index contributed by atoms with van der Waals surface area (Å²) in [4.78, 5) is 10.1. The first kappa shape index (κ1) is 13.6. The number of benzene rings is 1. The fourth-order valence-corrected chi connectivity index (χ4v) is 0.672. The Labute approximate surface area is 93.1 Å². The van der Waals surface area contributed by atoms with Crippen LogP contribution in [-0.2, 0) is 32.7 Å². The summed E-state index contributed by atoms with van der Waals surface area (Å²) < 4.78 is 0. The molecule has 0 bridgehead atoms. The van der Waals surface area contributed by atoms with Gasteiger partial charge in [0, 0.05) is 32.7 Å². The smallest absolute Gasteiger partial charge is 0.0655 e. The van der Waals surface area contributed by atoms with E-state index in [-0.39, 0.29) is 40.1 Å². The zero-order valence-corrected chi connectivity index (χ0v) is 8.63. The molecule has 1 nitrogen and oxygen atoms in total. The molecule has 0 heterocycles. The minimum atomic E-state index is 0. The van der Waals surface area contributed by atoms with E-state index < -0.39 is 0 Å². The fourth-order valence-electron chi connectivity index (χ4n) is 0.672. The maximum Gasteiger partial charge on any atom is 0.0655 e. The standard InChI is InChI=1S/C8H7O.CH4.Y/c1-7-3-2-4-8(5-7)6-9;;/h2-3,5-6H,1H3;1H4;/q-1;;. The Morgan fingerprint density at radius 2 is 2.18 bits per heavy atom. The summed E-state index contributed by atoms with van der Waals surface area (Å²) in [6.45, 7) is 1.95. The molecule has 1 aromatic rings. The van der Waals surface area contributed by atoms with Gasteiger partial charge in [-0.15, -0.1) is 35.4 Å². The van der Waals surface area contributed by atoms with Crippen LogP contribution in [0.5, 0.6) is 0 Å². The van der Waals surface area contributed by atoms with E-state index in [9.17, 15) is 4.79 Å². The van der Waals surface area contributed by atoms with Crippen LogP contribution in [0, 0.1) is 13.0 Å². The Balaban J connectivity index is 0. The van der Waals surface area contributed by atoms with Crippen LogP contribution < -0.4 is 0 Å². The van der Waals surface area contributed by atoms with Crippen LogP contribution in [0.2, 0.25) is 0 Å². The summed E-state index contributed by atoms with van der Waals surface area (Å²) >= 11 is 0. The van der Waals surface area contributed by atoms with Crippen LogP contribution in [0.4, 0.5) is 0 Å². The molecule has 0 fully saturated rings. The zero-order valence-electron chi connectivity index (χ0n) is 5.79. The predicted molar refractivity (Wildman–Crippen MR) is 42.1 cm³/mol. The van der Waals surface area contributed by atoms with Crippen molar-refractivity contribution in [2.24, 2.45) is 0 Å². The van der Waals surface area contributed by atoms with Crippen LogP contribution in [0.3, 0.4) is 0 Å². The van der Waals surface area contributed by atoms with E-state index in [0.29, 0.717) is 5.56 Å². The van der Waals surface area contributed by atoms with E-state index in [4.69, 9.17) is 0 Å². The number of hydrogen-bond donors (Lipinski definition) is 0. The molecular weight excluding hydrogens is 213 g/mol. The monoisotopic (exact) mass is 224 g/mol. The SMILES string of the molecule is C.Cc1cc[c-]c(C=O)c1.[Y]. The molecule has 2 heteroatoms. The molecule has 0 aliphatic rings. The van der Waals surface area contributed by atoms with Crippen LogP contribution in [0.25, 0.3) is 0 Å². The van der Waals surface area contributed by atoms with Crippen molar-refractivity contribution in [1.82, 2.24) is 0 Å². The molecular formula is C9H11OY-. The molecule has 0 unspecified atom stereocenters. The van der Waals surface area contributed by atoms with Crippen LogP contribution >= 0.6 is 0 Å². The predicted octanol–water partition coefficient (Wildman–Crippen LogP) is 2.24. The summed E-state index contributed by atoms with van der Waals surface area (Å²) in [5.74, 6) is 0. The van der Waals surface area contributed by atoms with Gasteiger partial charge in [-0.25, -0.2) is 0 Å². The molecule has 0 aliphatic heterocycles. The van der Waals surface area contributed by atoms with Gasteiger partial charge in [-0.3, -0.25) is 0 Å². The van der Waals surface area contributed by atoms with Gasteiger partial charge in [0.25, 0.3) is 0 Å². The minimum Gasteiger partial charge on any atom is -0.355 e. The third-order valence-corrected chi connectivity index (χ3v) is 1.11. The number of aldehydes is 1. The van der Waals surface area contributed by atoms with Crippen LogP contribution in [-0.4, -0.2) is 6.29 Å². The first-order valence-electron chi connectivity index (χ1n) is 2.76. The van der Waals surface area contributed by atoms with E-state index in [2.05, 4.69) is 6.07 Å². The minimum absolute atomic E-state index is 0. The summed E-state index contributed by atoms with van der Waals surface area (Å²) in [5.41, 5.74) is 1.71. The van der Waals surface area contributed by atoms with Crippen molar-refractivity contribution in [2.45, 2.75) is 14.4 Å². The van der Waals surface area contributed by atoms with Gasteiger partial charge < -0.3 is 4.79 Å². The normalized spacial score (nSPS) is 7.36. The second-order valence-electron chi connectivity index (χ2n) is 1.94. The number of rotatable bonds is 1. The fraction of sp³-hybridized carbons (Fsp3) is 0.222. The Hall–Kier alpha value is -0.00610. The average Bonchev–Trinajstić information content (AvgIpc) is 1.88. The average molecular weight is 224 g/mol. The van der Waals surface area contributed by atoms with E-state index in [1.165, 1.54) is 0 Å². The van der Waals surface area contributed by atoms with Crippen molar-refractivity contribution in [3.8, 4) is 0 Å². The van der Waals surface area contributed by atoms with Crippen molar-refractivity contribution < 1.29 is 37.5 Å². The Bertz CT molecular complexity index is 221. The molecule has 0 aliphatic carbocycles. The van der Waals surface area contributed by atoms with E-state index >= 15 is 0 Å². The molecule has 0 aromatic heterocycles. The first-order valence-corrected chi connectivity index (χ1v) is 2.76. The second kappa shape index (κ2) is 6.69. The number of carbonyl (C=O) groups excluding carboxylic acids is 1. The molecule has 1 aromatic carbocycles. The van der Waals surface area contributed by atoms with Crippen molar-refractivity contribution in [3.63, 3.8) is 0 Å². The van der Waals surface area contributed by atoms with Gasteiger partial charge in [0.05, 0.1) is 6.29 Å². The molecule has 0 atom stereocenters. The van der Waals surface area contributed by atoms with Crippen molar-refractivity contribution in [2.75, 3.05) is 0 Å². The van der Waals surface area contributed by atoms with E-state index in [1.807, 2.05) is 13.0 Å². The van der Waals surface area contributed by atoms with Gasteiger partial charge in [0.1, 0.15) is 0 Å². The molecule has 0 amide bonds. The Morgan fingerprint density at radius 3 is 2.55 bits per heavy atom. The first-order chi connectivity index (χ1) is 4.33. The van der Waals surface area contributed by atoms with Gasteiger partial charge in [-0.1, -0.05) is 14.4 Å². The molecule has 57 valence electrons. The van der Waals surface area contributed by atoms with Gasteiger partial charge in [0.2, 0.25) is 0 Å². The topological polar surface area (TPSA) is 17.1 Å². The Kier molecular flexibility index (Phi) is 8.25. The van der Waals surface area contributed by atoms with E-state index in [1.54, 1.807) is 12.1 Å². The number of aryl methyl sites for hydroxylation is 1. The zero-order chi connectivity index (χ0) is 6.69. The molecule has 1 rings (SSSR count). The quantitative estimate of drug-likeness (QED) is 0.528. The van der Waals surface area contributed by atoms with Gasteiger partial charge >= 0.3 is 0 Å². The number of hydrogen-bond acceptors (Lipinski definition) is 1. The van der Waals surface area contributed by atoms with E-state index in [0.717, 1.165) is 11.8 Å². The molecule has 0 saturated carbocycles. The number of carbonyl (C=O) groups is 1. The van der Waals surface area contributed by atoms with Gasteiger partial charge in [-0.05, 0) is 0 Å². The largest absolute Gasteiger partial charge is 0.355 e. The van der Waals surface area contributed by atoms with Gasteiger partial charge in [-0.2, -0.15) is 0 Å². The van der Waals surface area contributed by atoms with Crippen molar-refractivity contribution >= 4 is 6.29 Å². The third kappa shape index (κ3) is 4.44. The summed E-state index contributed by atoms with van der Waals surface area (Å²) in [5, 5.41) is 0. The summed E-state index contributed by atoms with van der Waals surface area (Å²) in [6, 6.07) is 8.25. The molecule has 1 radical (unpaired) electrons. The van der Waals surface area contributed by atoms with Gasteiger partial charge in [0.15, 0.2) is 0 Å². The molecule has 11 heavy (non-hydrogen) atoms. The van der Waals surface area contributed by atoms with Crippen molar-refractivity contribution in [1.29, 1.82) is 0 Å². The molecule has 0 saturated heterocycles. The summed E-state index contributed by atoms with van der Waals surface area (Å²) in [6.07, 6.45) is 0.799. The van der Waals surface area contributed by atoms with Crippen LogP contribution in [0.1, 0.15) is 23.3 Å². The van der Waals surface area contributed by atoms with Crippen LogP contribution in [0.15, 0.2) is 18.2 Å². The molecule has 0 spiro atoms. The molecule has 0 N–H and O–H groups in total. The maximum atomic E-state index is 10.1. The second-order valence-corrected chi connectivity index (χ2v) is 1.94. The van der Waals surface area contributed by atoms with Crippen molar-refractivity contribution in [3.05, 3.63) is 35.4 Å².